The number of hydrogen-bond acceptors (Lipinski definition) is 4. The topological polar surface area (TPSA) is 84.9 Å². The average molecular weight is 370 g/mol. The van der Waals surface area contributed by atoms with Gasteiger partial charge >= 0.3 is 12.1 Å². The Kier molecular flexibility index (Phi) is 6.16. The van der Waals surface area contributed by atoms with Gasteiger partial charge in [-0.25, -0.2) is 9.59 Å². The Hall–Kier alpha value is -1.95. The Bertz CT molecular complexity index is 637. The Morgan fingerprint density at radius 2 is 2.04 bits per heavy atom. The molecule has 1 aromatic rings. The van der Waals surface area contributed by atoms with Crippen molar-refractivity contribution >= 4 is 23.7 Å². The molecule has 0 heterocycles. The molecule has 1 aliphatic rings. The van der Waals surface area contributed by atoms with Crippen LogP contribution in [0.15, 0.2) is 18.2 Å². The summed E-state index contributed by atoms with van der Waals surface area (Å²) in [6.45, 7) is 5.78. The predicted octanol–water partition coefficient (Wildman–Crippen LogP) is 3.65. The molecule has 1 aromatic carbocycles. The highest BCUT2D eigenvalue weighted by atomic mass is 35.5. The first kappa shape index (κ1) is 19.4. The van der Waals surface area contributed by atoms with E-state index in [2.05, 4.69) is 5.32 Å². The van der Waals surface area contributed by atoms with Crippen molar-refractivity contribution in [1.29, 1.82) is 0 Å². The van der Waals surface area contributed by atoms with Gasteiger partial charge in [0, 0.05) is 6.42 Å². The summed E-state index contributed by atoms with van der Waals surface area (Å²) in [5.74, 6) is 0.0606. The molecule has 25 heavy (non-hydrogen) atoms. The first-order valence-corrected chi connectivity index (χ1v) is 8.65. The van der Waals surface area contributed by atoms with Crippen molar-refractivity contribution in [2.75, 3.05) is 6.61 Å². The quantitative estimate of drug-likeness (QED) is 0.766. The average Bonchev–Trinajstić information content (AvgIpc) is 3.27. The molecule has 7 heteroatoms. The van der Waals surface area contributed by atoms with Gasteiger partial charge in [-0.2, -0.15) is 0 Å². The zero-order chi connectivity index (χ0) is 18.6. The summed E-state index contributed by atoms with van der Waals surface area (Å²) in [5.41, 5.74) is -0.0102. The molecule has 138 valence electrons. The lowest BCUT2D eigenvalue weighted by atomic mass is 10.1. The van der Waals surface area contributed by atoms with Crippen LogP contribution in [0.1, 0.15) is 39.2 Å². The molecule has 0 saturated heterocycles. The Morgan fingerprint density at radius 1 is 1.36 bits per heavy atom. The zero-order valence-electron chi connectivity index (χ0n) is 14.7. The maximum absolute atomic E-state index is 11.8. The Morgan fingerprint density at radius 3 is 2.56 bits per heavy atom. The number of carboxylic acid groups (broad SMARTS) is 1. The van der Waals surface area contributed by atoms with E-state index in [4.69, 9.17) is 21.1 Å². The van der Waals surface area contributed by atoms with E-state index < -0.39 is 23.7 Å². The van der Waals surface area contributed by atoms with E-state index in [1.807, 2.05) is 0 Å². The fraction of sp³-hybridized carbons (Fsp3) is 0.556. The number of alkyl carbamates (subject to hydrolysis) is 1. The van der Waals surface area contributed by atoms with Crippen molar-refractivity contribution in [3.05, 3.63) is 28.8 Å². The first-order chi connectivity index (χ1) is 11.6. The van der Waals surface area contributed by atoms with Crippen molar-refractivity contribution < 1.29 is 24.2 Å². The third-order valence-electron chi connectivity index (χ3n) is 3.60. The molecule has 2 rings (SSSR count). The lowest BCUT2D eigenvalue weighted by molar-refractivity contribution is -0.139. The van der Waals surface area contributed by atoms with Gasteiger partial charge in [0.25, 0.3) is 0 Å². The van der Waals surface area contributed by atoms with Gasteiger partial charge in [-0.05, 0) is 57.2 Å². The number of ether oxygens (including phenoxy) is 2. The molecule has 1 saturated carbocycles. The summed E-state index contributed by atoms with van der Waals surface area (Å²) in [6.07, 6.45) is 1.70. The first-order valence-electron chi connectivity index (χ1n) is 8.27. The molecule has 1 atom stereocenters. The molecular formula is C18H24ClNO5. The summed E-state index contributed by atoms with van der Waals surface area (Å²) < 4.78 is 10.7. The van der Waals surface area contributed by atoms with Crippen molar-refractivity contribution in [1.82, 2.24) is 5.32 Å². The van der Waals surface area contributed by atoms with Gasteiger partial charge in [-0.15, -0.1) is 0 Å². The maximum atomic E-state index is 11.8. The standard InChI is InChI=1S/C18H24ClNO5/c1-18(2,3)25-17(23)20-14(16(21)22)9-12-6-7-15(13(19)8-12)24-10-11-4-5-11/h6-8,11,14H,4-5,9-10H2,1-3H3,(H,20,23)(H,21,22). The molecule has 1 aliphatic carbocycles. The highest BCUT2D eigenvalue weighted by Gasteiger charge is 2.25. The molecule has 6 nitrogen and oxygen atoms in total. The summed E-state index contributed by atoms with van der Waals surface area (Å²) >= 11 is 6.20. The van der Waals surface area contributed by atoms with Gasteiger partial charge in [0.05, 0.1) is 11.6 Å². The van der Waals surface area contributed by atoms with Gasteiger partial charge in [0.15, 0.2) is 0 Å². The highest BCUT2D eigenvalue weighted by molar-refractivity contribution is 6.32. The largest absolute Gasteiger partial charge is 0.492 e. The van der Waals surface area contributed by atoms with Crippen LogP contribution in [-0.4, -0.2) is 35.4 Å². The molecular weight excluding hydrogens is 346 g/mol. The second kappa shape index (κ2) is 7.95. The number of carbonyl (C=O) groups excluding carboxylic acids is 1. The predicted molar refractivity (Wildman–Crippen MR) is 94.2 cm³/mol. The lowest BCUT2D eigenvalue weighted by Gasteiger charge is -2.22. The van der Waals surface area contributed by atoms with E-state index in [-0.39, 0.29) is 6.42 Å². The van der Waals surface area contributed by atoms with E-state index in [1.165, 1.54) is 12.8 Å². The van der Waals surface area contributed by atoms with Gasteiger partial charge < -0.3 is 19.9 Å². The minimum absolute atomic E-state index is 0.0944. The van der Waals surface area contributed by atoms with Crippen LogP contribution in [-0.2, 0) is 16.0 Å². The van der Waals surface area contributed by atoms with Crippen LogP contribution < -0.4 is 10.1 Å². The van der Waals surface area contributed by atoms with Crippen molar-refractivity contribution in [2.24, 2.45) is 5.92 Å². The second-order valence-electron chi connectivity index (χ2n) is 7.26. The van der Waals surface area contributed by atoms with Crippen LogP contribution in [0.5, 0.6) is 5.75 Å². The van der Waals surface area contributed by atoms with Gasteiger partial charge in [0.2, 0.25) is 0 Å². The molecule has 1 unspecified atom stereocenters. The number of nitrogens with one attached hydrogen (secondary N) is 1. The Balaban J connectivity index is 1.97. The maximum Gasteiger partial charge on any atom is 0.408 e. The third-order valence-corrected chi connectivity index (χ3v) is 3.89. The van der Waals surface area contributed by atoms with E-state index in [0.717, 1.165) is 0 Å². The van der Waals surface area contributed by atoms with Crippen LogP contribution in [0, 0.1) is 5.92 Å². The number of aliphatic carboxylic acids is 1. The summed E-state index contributed by atoms with van der Waals surface area (Å²) in [4.78, 5) is 23.2. The fourth-order valence-electron chi connectivity index (χ4n) is 2.17. The third kappa shape index (κ3) is 6.82. The van der Waals surface area contributed by atoms with Crippen molar-refractivity contribution in [2.45, 2.75) is 51.7 Å². The highest BCUT2D eigenvalue weighted by Crippen LogP contribution is 2.32. The SMILES string of the molecule is CC(C)(C)OC(=O)NC(Cc1ccc(OCC2CC2)c(Cl)c1)C(=O)O. The van der Waals surface area contributed by atoms with Crippen LogP contribution in [0.2, 0.25) is 5.02 Å². The second-order valence-corrected chi connectivity index (χ2v) is 7.67. The molecule has 0 aromatic heterocycles. The monoisotopic (exact) mass is 369 g/mol. The number of benzene rings is 1. The summed E-state index contributed by atoms with van der Waals surface area (Å²) in [5, 5.41) is 12.1. The normalized spacial score (nSPS) is 15.4. The summed E-state index contributed by atoms with van der Waals surface area (Å²) in [7, 11) is 0. The van der Waals surface area contributed by atoms with Crippen LogP contribution in [0.4, 0.5) is 4.79 Å². The van der Waals surface area contributed by atoms with Crippen LogP contribution >= 0.6 is 11.6 Å². The van der Waals surface area contributed by atoms with Gasteiger partial charge in [0.1, 0.15) is 17.4 Å². The van der Waals surface area contributed by atoms with E-state index in [0.29, 0.717) is 28.9 Å². The fourth-order valence-corrected chi connectivity index (χ4v) is 2.42. The number of rotatable bonds is 7. The Labute approximate surface area is 152 Å². The van der Waals surface area contributed by atoms with E-state index >= 15 is 0 Å². The molecule has 0 bridgehead atoms. The molecule has 1 fully saturated rings. The smallest absolute Gasteiger partial charge is 0.408 e. The zero-order valence-corrected chi connectivity index (χ0v) is 15.4. The molecule has 0 spiro atoms. The van der Waals surface area contributed by atoms with E-state index in [1.54, 1.807) is 39.0 Å². The van der Waals surface area contributed by atoms with Gasteiger partial charge in [-0.1, -0.05) is 17.7 Å². The molecule has 1 amide bonds. The van der Waals surface area contributed by atoms with Crippen molar-refractivity contribution in [3.63, 3.8) is 0 Å². The number of halogens is 1. The van der Waals surface area contributed by atoms with Crippen molar-refractivity contribution in [3.8, 4) is 5.75 Å². The number of carboxylic acids is 1. The minimum Gasteiger partial charge on any atom is -0.492 e. The molecule has 0 aliphatic heterocycles. The molecule has 0 radical (unpaired) electrons. The lowest BCUT2D eigenvalue weighted by Crippen LogP contribution is -2.44. The minimum atomic E-state index is -1.14. The van der Waals surface area contributed by atoms with Crippen LogP contribution in [0.3, 0.4) is 0 Å². The number of amides is 1. The summed E-state index contributed by atoms with van der Waals surface area (Å²) in [6, 6.07) is 4.04. The van der Waals surface area contributed by atoms with Gasteiger partial charge in [-0.3, -0.25) is 0 Å². The van der Waals surface area contributed by atoms with E-state index in [9.17, 15) is 14.7 Å². The number of carbonyl (C=O) groups is 2. The van der Waals surface area contributed by atoms with Crippen LogP contribution in [0.25, 0.3) is 0 Å². The number of hydrogen-bond donors (Lipinski definition) is 2. The molecule has 2 N–H and O–H groups in total.